The SMILES string of the molecule is Cc1sc(NCCC2CCC(C)CC2)nc1C(=O)O. The zero-order chi connectivity index (χ0) is 13.8. The highest BCUT2D eigenvalue weighted by Crippen LogP contribution is 2.30. The summed E-state index contributed by atoms with van der Waals surface area (Å²) < 4.78 is 0. The fourth-order valence-electron chi connectivity index (χ4n) is 2.67. The number of thiazole rings is 1. The van der Waals surface area contributed by atoms with Gasteiger partial charge in [0, 0.05) is 11.4 Å². The van der Waals surface area contributed by atoms with E-state index in [2.05, 4.69) is 17.2 Å². The lowest BCUT2D eigenvalue weighted by molar-refractivity contribution is 0.0690. The quantitative estimate of drug-likeness (QED) is 0.862. The highest BCUT2D eigenvalue weighted by molar-refractivity contribution is 7.15. The number of hydrogen-bond donors (Lipinski definition) is 2. The van der Waals surface area contributed by atoms with Gasteiger partial charge in [-0.2, -0.15) is 0 Å². The van der Waals surface area contributed by atoms with Crippen molar-refractivity contribution in [2.24, 2.45) is 11.8 Å². The van der Waals surface area contributed by atoms with E-state index in [1.54, 1.807) is 6.92 Å². The molecule has 0 aliphatic heterocycles. The van der Waals surface area contributed by atoms with Gasteiger partial charge in [-0.1, -0.05) is 32.6 Å². The molecule has 1 aromatic rings. The third-order valence-corrected chi connectivity index (χ3v) is 4.89. The van der Waals surface area contributed by atoms with Crippen molar-refractivity contribution < 1.29 is 9.90 Å². The Bertz CT molecular complexity index is 437. The van der Waals surface area contributed by atoms with E-state index in [1.165, 1.54) is 37.0 Å². The molecule has 106 valence electrons. The molecule has 19 heavy (non-hydrogen) atoms. The molecule has 0 amide bonds. The molecule has 1 aliphatic carbocycles. The molecule has 1 saturated carbocycles. The van der Waals surface area contributed by atoms with E-state index in [4.69, 9.17) is 5.11 Å². The normalized spacial score (nSPS) is 23.3. The van der Waals surface area contributed by atoms with Gasteiger partial charge in [-0.25, -0.2) is 9.78 Å². The first-order valence-corrected chi connectivity index (χ1v) is 7.82. The summed E-state index contributed by atoms with van der Waals surface area (Å²) in [6.45, 7) is 5.03. The second-order valence-corrected chi connectivity index (χ2v) is 6.77. The molecule has 2 N–H and O–H groups in total. The van der Waals surface area contributed by atoms with Gasteiger partial charge in [0.1, 0.15) is 0 Å². The van der Waals surface area contributed by atoms with Crippen molar-refractivity contribution in [3.8, 4) is 0 Å². The van der Waals surface area contributed by atoms with Crippen molar-refractivity contribution in [3.63, 3.8) is 0 Å². The van der Waals surface area contributed by atoms with Crippen LogP contribution in [0.15, 0.2) is 0 Å². The molecular formula is C14H22N2O2S. The first-order chi connectivity index (χ1) is 9.06. The maximum atomic E-state index is 10.9. The van der Waals surface area contributed by atoms with Crippen LogP contribution < -0.4 is 5.32 Å². The average Bonchev–Trinajstić information content (AvgIpc) is 2.73. The van der Waals surface area contributed by atoms with Crippen molar-refractivity contribution >= 4 is 22.4 Å². The Morgan fingerprint density at radius 2 is 2.11 bits per heavy atom. The maximum Gasteiger partial charge on any atom is 0.355 e. The Morgan fingerprint density at radius 1 is 1.42 bits per heavy atom. The summed E-state index contributed by atoms with van der Waals surface area (Å²) in [5.41, 5.74) is 0.180. The highest BCUT2D eigenvalue weighted by atomic mass is 32.1. The van der Waals surface area contributed by atoms with Crippen molar-refractivity contribution in [2.75, 3.05) is 11.9 Å². The van der Waals surface area contributed by atoms with E-state index < -0.39 is 5.97 Å². The number of aromatic carboxylic acids is 1. The Hall–Kier alpha value is -1.10. The van der Waals surface area contributed by atoms with Crippen LogP contribution in [0.2, 0.25) is 0 Å². The highest BCUT2D eigenvalue weighted by Gasteiger charge is 2.18. The van der Waals surface area contributed by atoms with Gasteiger partial charge in [-0.15, -0.1) is 11.3 Å². The van der Waals surface area contributed by atoms with Crippen molar-refractivity contribution in [1.82, 2.24) is 4.98 Å². The number of aryl methyl sites for hydroxylation is 1. The predicted octanol–water partition coefficient (Wildman–Crippen LogP) is 3.78. The van der Waals surface area contributed by atoms with Gasteiger partial charge in [0.05, 0.1) is 0 Å². The molecular weight excluding hydrogens is 260 g/mol. The molecule has 1 aliphatic rings. The summed E-state index contributed by atoms with van der Waals surface area (Å²) in [5, 5.41) is 12.9. The van der Waals surface area contributed by atoms with E-state index >= 15 is 0 Å². The van der Waals surface area contributed by atoms with Crippen LogP contribution >= 0.6 is 11.3 Å². The number of aromatic nitrogens is 1. The van der Waals surface area contributed by atoms with E-state index in [0.29, 0.717) is 0 Å². The Labute approximate surface area is 118 Å². The minimum atomic E-state index is -0.942. The first-order valence-electron chi connectivity index (χ1n) is 7.01. The maximum absolute atomic E-state index is 10.9. The number of hydrogen-bond acceptors (Lipinski definition) is 4. The summed E-state index contributed by atoms with van der Waals surface area (Å²) in [4.78, 5) is 15.8. The molecule has 0 atom stereocenters. The van der Waals surface area contributed by atoms with Crippen LogP contribution in [0.3, 0.4) is 0 Å². The van der Waals surface area contributed by atoms with Crippen molar-refractivity contribution in [1.29, 1.82) is 0 Å². The van der Waals surface area contributed by atoms with Crippen LogP contribution in [-0.2, 0) is 0 Å². The molecule has 0 bridgehead atoms. The molecule has 2 rings (SSSR count). The van der Waals surface area contributed by atoms with Crippen LogP contribution in [-0.4, -0.2) is 22.6 Å². The average molecular weight is 282 g/mol. The zero-order valence-corrected chi connectivity index (χ0v) is 12.4. The van der Waals surface area contributed by atoms with Gasteiger partial charge in [0.15, 0.2) is 10.8 Å². The standard InChI is InChI=1S/C14H22N2O2S/c1-9-3-5-11(6-4-9)7-8-15-14-16-12(13(17)18)10(2)19-14/h9,11H,3-8H2,1-2H3,(H,15,16)(H,17,18). The number of rotatable bonds is 5. The second-order valence-electron chi connectivity index (χ2n) is 5.57. The van der Waals surface area contributed by atoms with Gasteiger partial charge in [0.2, 0.25) is 0 Å². The van der Waals surface area contributed by atoms with Gasteiger partial charge in [-0.05, 0) is 25.2 Å². The smallest absolute Gasteiger partial charge is 0.355 e. The molecule has 0 unspecified atom stereocenters. The molecule has 4 nitrogen and oxygen atoms in total. The van der Waals surface area contributed by atoms with Crippen LogP contribution in [0, 0.1) is 18.8 Å². The van der Waals surface area contributed by atoms with Gasteiger partial charge in [-0.3, -0.25) is 0 Å². The Balaban J connectivity index is 1.76. The number of anilines is 1. The summed E-state index contributed by atoms with van der Waals surface area (Å²) in [6.07, 6.45) is 6.53. The third-order valence-electron chi connectivity index (χ3n) is 3.96. The fourth-order valence-corrected chi connectivity index (χ4v) is 3.50. The Kier molecular flexibility index (Phi) is 4.80. The third kappa shape index (κ3) is 3.93. The van der Waals surface area contributed by atoms with E-state index in [-0.39, 0.29) is 5.69 Å². The van der Waals surface area contributed by atoms with Crippen molar-refractivity contribution in [2.45, 2.75) is 46.0 Å². The molecule has 0 spiro atoms. The minimum Gasteiger partial charge on any atom is -0.476 e. The fraction of sp³-hybridized carbons (Fsp3) is 0.714. The Morgan fingerprint density at radius 3 is 2.68 bits per heavy atom. The van der Waals surface area contributed by atoms with Gasteiger partial charge >= 0.3 is 5.97 Å². The van der Waals surface area contributed by atoms with Gasteiger partial charge in [0.25, 0.3) is 0 Å². The predicted molar refractivity (Wildman–Crippen MR) is 78.0 cm³/mol. The molecule has 0 aromatic carbocycles. The lowest BCUT2D eigenvalue weighted by Gasteiger charge is -2.26. The van der Waals surface area contributed by atoms with E-state index in [9.17, 15) is 4.79 Å². The molecule has 0 saturated heterocycles. The minimum absolute atomic E-state index is 0.180. The molecule has 1 aromatic heterocycles. The van der Waals surface area contributed by atoms with Crippen LogP contribution in [0.5, 0.6) is 0 Å². The number of carbonyl (C=O) groups is 1. The molecule has 1 fully saturated rings. The number of carboxylic acids is 1. The van der Waals surface area contributed by atoms with Crippen LogP contribution in [0.25, 0.3) is 0 Å². The lowest BCUT2D eigenvalue weighted by atomic mass is 9.81. The summed E-state index contributed by atoms with van der Waals surface area (Å²) >= 11 is 1.43. The lowest BCUT2D eigenvalue weighted by Crippen LogP contribution is -2.15. The van der Waals surface area contributed by atoms with Crippen molar-refractivity contribution in [3.05, 3.63) is 10.6 Å². The molecule has 1 heterocycles. The van der Waals surface area contributed by atoms with E-state index in [0.717, 1.165) is 34.8 Å². The summed E-state index contributed by atoms with van der Waals surface area (Å²) in [7, 11) is 0. The monoisotopic (exact) mass is 282 g/mol. The molecule has 0 radical (unpaired) electrons. The summed E-state index contributed by atoms with van der Waals surface area (Å²) in [6, 6.07) is 0. The number of carboxylic acid groups (broad SMARTS) is 1. The van der Waals surface area contributed by atoms with Gasteiger partial charge < -0.3 is 10.4 Å². The van der Waals surface area contributed by atoms with Crippen LogP contribution in [0.4, 0.5) is 5.13 Å². The number of nitrogens with one attached hydrogen (secondary N) is 1. The van der Waals surface area contributed by atoms with E-state index in [1.807, 2.05) is 0 Å². The van der Waals surface area contributed by atoms with Crippen LogP contribution in [0.1, 0.15) is 54.4 Å². The zero-order valence-electron chi connectivity index (χ0n) is 11.6. The topological polar surface area (TPSA) is 62.2 Å². The summed E-state index contributed by atoms with van der Waals surface area (Å²) in [5.74, 6) is 0.774. The second kappa shape index (κ2) is 6.37. The largest absolute Gasteiger partial charge is 0.476 e. The number of nitrogens with zero attached hydrogens (tertiary/aromatic N) is 1. The molecule has 5 heteroatoms. The first kappa shape index (κ1) is 14.3.